The van der Waals surface area contributed by atoms with E-state index in [4.69, 9.17) is 10.2 Å². The maximum absolute atomic E-state index is 14.1. The monoisotopic (exact) mass is 472 g/mol. The molecule has 0 heterocycles. The van der Waals surface area contributed by atoms with Crippen LogP contribution < -0.4 is 10.6 Å². The predicted molar refractivity (Wildman–Crippen MR) is 126 cm³/mol. The minimum absolute atomic E-state index is 0.187. The van der Waals surface area contributed by atoms with Crippen LogP contribution in [0, 0.1) is 0 Å². The molecule has 0 radical (unpaired) electrons. The molecule has 4 N–H and O–H groups in total. The van der Waals surface area contributed by atoms with E-state index in [1.807, 2.05) is 0 Å². The molecule has 0 aliphatic heterocycles. The maximum Gasteiger partial charge on any atom is 0.279 e. The number of nitrogens with one attached hydrogen (secondary N) is 2. The topological polar surface area (TPSA) is 98.7 Å². The van der Waals surface area contributed by atoms with Gasteiger partial charge >= 0.3 is 0 Å². The second-order valence-corrected chi connectivity index (χ2v) is 8.76. The van der Waals surface area contributed by atoms with E-state index in [1.54, 1.807) is 0 Å². The van der Waals surface area contributed by atoms with E-state index in [9.17, 15) is 18.4 Å². The van der Waals surface area contributed by atoms with Gasteiger partial charge in [0.15, 0.2) is 11.7 Å². The van der Waals surface area contributed by atoms with Gasteiger partial charge in [-0.2, -0.15) is 0 Å². The molecule has 1 saturated carbocycles. The molecule has 0 aromatic rings. The van der Waals surface area contributed by atoms with E-state index >= 15 is 0 Å². The number of carbonyl (C=O) groups excluding carboxylic acids is 2. The molecule has 6 nitrogen and oxygen atoms in total. The highest BCUT2D eigenvalue weighted by molar-refractivity contribution is 5.92. The molecule has 1 aliphatic rings. The standard InChI is InChI=1S/C25H42F2N2O4/c26-20(14-9-5-1-3-7-11-18-30)24(32)28-22-16-13-17-23(22)29-25(33)21(27)15-10-6-2-4-8-12-19-31/h14-15,22-23,30-31H,1-13,16-19H2,(H,28,32)(H,29,33)/b20-14-,21-15+/t22-,23+/m1/s1. The van der Waals surface area contributed by atoms with Crippen LogP contribution in [-0.4, -0.2) is 47.3 Å². The summed E-state index contributed by atoms with van der Waals surface area (Å²) in [6.07, 6.45) is 14.3. The zero-order valence-corrected chi connectivity index (χ0v) is 19.8. The molecular formula is C25H42F2N2O4. The SMILES string of the molecule is O=C(N[C@@H]1CCC[C@@H]1NC(=O)/C(F)=C\CCCCCCCO)/C(F)=C/CCCCCCCO. The summed E-state index contributed by atoms with van der Waals surface area (Å²) in [4.78, 5) is 24.3. The summed E-state index contributed by atoms with van der Waals surface area (Å²) in [5.74, 6) is -3.24. The molecule has 2 amide bonds. The number of halogens is 2. The summed E-state index contributed by atoms with van der Waals surface area (Å²) in [7, 11) is 0. The number of hydrogen-bond acceptors (Lipinski definition) is 4. The fourth-order valence-corrected chi connectivity index (χ4v) is 4.00. The third-order valence-corrected chi connectivity index (χ3v) is 5.95. The summed E-state index contributed by atoms with van der Waals surface area (Å²) >= 11 is 0. The summed E-state index contributed by atoms with van der Waals surface area (Å²) < 4.78 is 28.2. The average Bonchev–Trinajstić information content (AvgIpc) is 3.23. The fraction of sp³-hybridized carbons (Fsp3) is 0.760. The quantitative estimate of drug-likeness (QED) is 0.174. The molecule has 0 bridgehead atoms. The molecule has 1 aliphatic carbocycles. The van der Waals surface area contributed by atoms with Crippen LogP contribution in [0.15, 0.2) is 23.8 Å². The Bertz CT molecular complexity index is 574. The van der Waals surface area contributed by atoms with Crippen molar-refractivity contribution in [3.8, 4) is 0 Å². The Labute approximate surface area is 196 Å². The second kappa shape index (κ2) is 18.6. The first-order valence-corrected chi connectivity index (χ1v) is 12.5. The van der Waals surface area contributed by atoms with Crippen molar-refractivity contribution in [3.05, 3.63) is 23.8 Å². The Morgan fingerprint density at radius 3 is 1.42 bits per heavy atom. The smallest absolute Gasteiger partial charge is 0.279 e. The lowest BCUT2D eigenvalue weighted by Gasteiger charge is -2.21. The van der Waals surface area contributed by atoms with Crippen LogP contribution in [-0.2, 0) is 9.59 Å². The lowest BCUT2D eigenvalue weighted by atomic mass is 10.1. The third-order valence-electron chi connectivity index (χ3n) is 5.95. The highest BCUT2D eigenvalue weighted by Gasteiger charge is 2.31. The highest BCUT2D eigenvalue weighted by Crippen LogP contribution is 2.21. The van der Waals surface area contributed by atoms with Crippen LogP contribution in [0.3, 0.4) is 0 Å². The Morgan fingerprint density at radius 2 is 1.03 bits per heavy atom. The molecule has 1 rings (SSSR count). The number of rotatable bonds is 18. The van der Waals surface area contributed by atoms with E-state index in [2.05, 4.69) is 10.6 Å². The first-order valence-electron chi connectivity index (χ1n) is 12.5. The third kappa shape index (κ3) is 13.5. The number of hydrogen-bond donors (Lipinski definition) is 4. The molecule has 190 valence electrons. The van der Waals surface area contributed by atoms with Crippen molar-refractivity contribution in [1.29, 1.82) is 0 Å². The van der Waals surface area contributed by atoms with Gasteiger partial charge in [0, 0.05) is 25.3 Å². The number of amides is 2. The van der Waals surface area contributed by atoms with Gasteiger partial charge in [-0.3, -0.25) is 9.59 Å². The van der Waals surface area contributed by atoms with Crippen molar-refractivity contribution < 1.29 is 28.6 Å². The van der Waals surface area contributed by atoms with Crippen LogP contribution in [0.4, 0.5) is 8.78 Å². The zero-order valence-electron chi connectivity index (χ0n) is 19.8. The largest absolute Gasteiger partial charge is 0.396 e. The average molecular weight is 473 g/mol. The fourth-order valence-electron chi connectivity index (χ4n) is 4.00. The Morgan fingerprint density at radius 1 is 0.667 bits per heavy atom. The van der Waals surface area contributed by atoms with Crippen LogP contribution in [0.2, 0.25) is 0 Å². The Hall–Kier alpha value is -1.80. The van der Waals surface area contributed by atoms with Gasteiger partial charge in [-0.15, -0.1) is 0 Å². The van der Waals surface area contributed by atoms with Crippen LogP contribution >= 0.6 is 0 Å². The van der Waals surface area contributed by atoms with Crippen molar-refractivity contribution >= 4 is 11.8 Å². The Kier molecular flexibility index (Phi) is 16.5. The normalized spacial score (nSPS) is 19.0. The lowest BCUT2D eigenvalue weighted by molar-refractivity contribution is -0.122. The van der Waals surface area contributed by atoms with Gasteiger partial charge in [-0.1, -0.05) is 38.5 Å². The second-order valence-electron chi connectivity index (χ2n) is 8.76. The predicted octanol–water partition coefficient (Wildman–Crippen LogP) is 4.51. The maximum atomic E-state index is 14.1. The molecule has 0 spiro atoms. The van der Waals surface area contributed by atoms with Gasteiger partial charge in [0.2, 0.25) is 0 Å². The van der Waals surface area contributed by atoms with Crippen LogP contribution in [0.25, 0.3) is 0 Å². The van der Waals surface area contributed by atoms with E-state index in [-0.39, 0.29) is 13.2 Å². The Balaban J connectivity index is 2.34. The molecule has 0 unspecified atom stereocenters. The number of carbonyl (C=O) groups is 2. The first-order chi connectivity index (χ1) is 16.0. The number of aliphatic hydroxyl groups is 2. The lowest BCUT2D eigenvalue weighted by Crippen LogP contribution is -2.48. The molecule has 0 aromatic heterocycles. The highest BCUT2D eigenvalue weighted by atomic mass is 19.1. The molecular weight excluding hydrogens is 430 g/mol. The van der Waals surface area contributed by atoms with Crippen molar-refractivity contribution in [2.45, 2.75) is 108 Å². The molecule has 0 aromatic carbocycles. The molecule has 2 atom stereocenters. The first kappa shape index (κ1) is 29.2. The van der Waals surface area contributed by atoms with Crippen molar-refractivity contribution in [1.82, 2.24) is 10.6 Å². The molecule has 8 heteroatoms. The van der Waals surface area contributed by atoms with Crippen LogP contribution in [0.5, 0.6) is 0 Å². The van der Waals surface area contributed by atoms with E-state index in [0.717, 1.165) is 70.6 Å². The number of unbranched alkanes of at least 4 members (excludes halogenated alkanes) is 10. The van der Waals surface area contributed by atoms with Gasteiger partial charge in [-0.05, 0) is 69.9 Å². The van der Waals surface area contributed by atoms with Gasteiger partial charge in [0.25, 0.3) is 11.8 Å². The van der Waals surface area contributed by atoms with E-state index in [0.29, 0.717) is 25.7 Å². The van der Waals surface area contributed by atoms with Gasteiger partial charge in [-0.25, -0.2) is 8.78 Å². The van der Waals surface area contributed by atoms with Crippen LogP contribution in [0.1, 0.15) is 96.3 Å². The number of allylic oxidation sites excluding steroid dienone is 2. The van der Waals surface area contributed by atoms with Gasteiger partial charge < -0.3 is 20.8 Å². The zero-order chi connectivity index (χ0) is 24.3. The molecule has 1 fully saturated rings. The van der Waals surface area contributed by atoms with Gasteiger partial charge in [0.05, 0.1) is 0 Å². The summed E-state index contributed by atoms with van der Waals surface area (Å²) in [6.45, 7) is 0.375. The summed E-state index contributed by atoms with van der Waals surface area (Å²) in [6, 6.07) is -0.836. The van der Waals surface area contributed by atoms with Gasteiger partial charge in [0.1, 0.15) is 0 Å². The minimum Gasteiger partial charge on any atom is -0.396 e. The number of aliphatic hydroxyl groups excluding tert-OH is 2. The summed E-state index contributed by atoms with van der Waals surface area (Å²) in [5.41, 5.74) is 0. The molecule has 0 saturated heterocycles. The molecule has 33 heavy (non-hydrogen) atoms. The van der Waals surface area contributed by atoms with Crippen molar-refractivity contribution in [3.63, 3.8) is 0 Å². The van der Waals surface area contributed by atoms with Crippen molar-refractivity contribution in [2.75, 3.05) is 13.2 Å². The summed E-state index contributed by atoms with van der Waals surface area (Å²) in [5, 5.41) is 22.7. The van der Waals surface area contributed by atoms with E-state index in [1.165, 1.54) is 12.2 Å². The minimum atomic E-state index is -0.826. The van der Waals surface area contributed by atoms with E-state index < -0.39 is 35.6 Å². The van der Waals surface area contributed by atoms with Crippen molar-refractivity contribution in [2.24, 2.45) is 0 Å².